The maximum Gasteiger partial charge on any atom is 0.240 e. The van der Waals surface area contributed by atoms with Gasteiger partial charge in [0.1, 0.15) is 0 Å². The van der Waals surface area contributed by atoms with E-state index in [1.807, 2.05) is 6.07 Å². The van der Waals surface area contributed by atoms with Crippen LogP contribution < -0.4 is 4.72 Å². The summed E-state index contributed by atoms with van der Waals surface area (Å²) in [7, 11) is -3.36. The summed E-state index contributed by atoms with van der Waals surface area (Å²) in [6.07, 6.45) is 6.92. The molecule has 1 N–H and O–H groups in total. The Kier molecular flexibility index (Phi) is 7.64. The van der Waals surface area contributed by atoms with Crippen molar-refractivity contribution < 1.29 is 8.42 Å². The fourth-order valence-corrected chi connectivity index (χ4v) is 3.50. The minimum atomic E-state index is -3.36. The topological polar surface area (TPSA) is 46.2 Å². The van der Waals surface area contributed by atoms with Gasteiger partial charge in [0, 0.05) is 11.0 Å². The van der Waals surface area contributed by atoms with E-state index >= 15 is 0 Å². The van der Waals surface area contributed by atoms with Gasteiger partial charge in [-0.15, -0.1) is 0 Å². The molecule has 0 aliphatic heterocycles. The van der Waals surface area contributed by atoms with Crippen molar-refractivity contribution in [2.75, 3.05) is 6.54 Å². The molecule has 3 nitrogen and oxygen atoms in total. The predicted octanol–water partition coefficient (Wildman–Crippen LogP) is 4.09. The first-order valence-corrected chi connectivity index (χ1v) is 9.09. The first kappa shape index (κ1) is 16.7. The number of rotatable bonds is 9. The van der Waals surface area contributed by atoms with E-state index < -0.39 is 10.0 Å². The highest BCUT2D eigenvalue weighted by Gasteiger charge is 2.12. The summed E-state index contributed by atoms with van der Waals surface area (Å²) in [5.74, 6) is 0. The zero-order valence-electron chi connectivity index (χ0n) is 11.4. The number of hydrogen-bond acceptors (Lipinski definition) is 2. The van der Waals surface area contributed by atoms with Gasteiger partial charge in [-0.2, -0.15) is 0 Å². The van der Waals surface area contributed by atoms with Gasteiger partial charge in [0.25, 0.3) is 0 Å². The van der Waals surface area contributed by atoms with Gasteiger partial charge in [-0.25, -0.2) is 13.1 Å². The lowest BCUT2D eigenvalue weighted by atomic mass is 10.1. The van der Waals surface area contributed by atoms with Crippen LogP contribution in [0.25, 0.3) is 0 Å². The lowest BCUT2D eigenvalue weighted by molar-refractivity contribution is 0.567. The standard InChI is InChI=1S/C14H22BrNO2S/c1-2-3-4-5-6-7-11-16-19(17,18)14-10-8-9-13(15)12-14/h8-10,12,16H,2-7,11H2,1H3. The lowest BCUT2D eigenvalue weighted by Gasteiger charge is -2.07. The summed E-state index contributed by atoms with van der Waals surface area (Å²) < 4.78 is 27.4. The lowest BCUT2D eigenvalue weighted by Crippen LogP contribution is -2.24. The van der Waals surface area contributed by atoms with Gasteiger partial charge in [-0.1, -0.05) is 61.0 Å². The van der Waals surface area contributed by atoms with Crippen LogP contribution in [0.5, 0.6) is 0 Å². The predicted molar refractivity (Wildman–Crippen MR) is 82.7 cm³/mol. The SMILES string of the molecule is CCCCCCCCNS(=O)(=O)c1cccc(Br)c1. The third-order valence-electron chi connectivity index (χ3n) is 2.93. The Balaban J connectivity index is 2.32. The summed E-state index contributed by atoms with van der Waals surface area (Å²) in [6.45, 7) is 2.70. The minimum Gasteiger partial charge on any atom is -0.211 e. The minimum absolute atomic E-state index is 0.313. The van der Waals surface area contributed by atoms with E-state index in [0.717, 1.165) is 17.3 Å². The van der Waals surface area contributed by atoms with E-state index in [-0.39, 0.29) is 0 Å². The molecule has 0 bridgehead atoms. The van der Waals surface area contributed by atoms with Gasteiger partial charge < -0.3 is 0 Å². The van der Waals surface area contributed by atoms with Gasteiger partial charge in [0.2, 0.25) is 10.0 Å². The van der Waals surface area contributed by atoms with Crippen LogP contribution in [0.4, 0.5) is 0 Å². The molecule has 1 aromatic rings. The Morgan fingerprint density at radius 1 is 1.11 bits per heavy atom. The third-order valence-corrected chi connectivity index (χ3v) is 4.88. The molecule has 0 amide bonds. The van der Waals surface area contributed by atoms with E-state index in [9.17, 15) is 8.42 Å². The van der Waals surface area contributed by atoms with Crippen LogP contribution in [0.2, 0.25) is 0 Å². The van der Waals surface area contributed by atoms with Crippen LogP contribution in [0.3, 0.4) is 0 Å². The third kappa shape index (κ3) is 6.54. The van der Waals surface area contributed by atoms with Gasteiger partial charge in [-0.3, -0.25) is 0 Å². The van der Waals surface area contributed by atoms with Gasteiger partial charge in [0.15, 0.2) is 0 Å². The summed E-state index contributed by atoms with van der Waals surface area (Å²) >= 11 is 3.28. The smallest absolute Gasteiger partial charge is 0.211 e. The van der Waals surface area contributed by atoms with Crippen molar-refractivity contribution >= 4 is 26.0 Å². The number of halogens is 1. The van der Waals surface area contributed by atoms with Crippen molar-refractivity contribution in [1.29, 1.82) is 0 Å². The number of nitrogens with one attached hydrogen (secondary N) is 1. The molecule has 1 rings (SSSR count). The van der Waals surface area contributed by atoms with Gasteiger partial charge in [0.05, 0.1) is 4.90 Å². The van der Waals surface area contributed by atoms with Crippen LogP contribution in [0.15, 0.2) is 33.6 Å². The van der Waals surface area contributed by atoms with E-state index in [1.54, 1.807) is 18.2 Å². The second-order valence-electron chi connectivity index (χ2n) is 4.62. The normalized spacial score (nSPS) is 11.7. The molecule has 0 spiro atoms. The largest absolute Gasteiger partial charge is 0.240 e. The highest BCUT2D eigenvalue weighted by atomic mass is 79.9. The van der Waals surface area contributed by atoms with Crippen molar-refractivity contribution in [2.45, 2.75) is 50.3 Å². The number of unbranched alkanes of at least 4 members (excludes halogenated alkanes) is 5. The van der Waals surface area contributed by atoms with E-state index in [4.69, 9.17) is 0 Å². The van der Waals surface area contributed by atoms with Crippen LogP contribution >= 0.6 is 15.9 Å². The maximum atomic E-state index is 12.0. The second kappa shape index (κ2) is 8.72. The Morgan fingerprint density at radius 3 is 2.47 bits per heavy atom. The van der Waals surface area contributed by atoms with Crippen LogP contribution in [0.1, 0.15) is 45.4 Å². The van der Waals surface area contributed by atoms with Crippen molar-refractivity contribution in [3.63, 3.8) is 0 Å². The monoisotopic (exact) mass is 347 g/mol. The molecule has 19 heavy (non-hydrogen) atoms. The summed E-state index contributed by atoms with van der Waals surface area (Å²) in [6, 6.07) is 6.76. The first-order valence-electron chi connectivity index (χ1n) is 6.81. The fraction of sp³-hybridized carbons (Fsp3) is 0.571. The molecule has 0 aliphatic rings. The zero-order chi connectivity index (χ0) is 14.1. The molecule has 1 aromatic carbocycles. The average Bonchev–Trinajstić information content (AvgIpc) is 2.38. The molecule has 0 unspecified atom stereocenters. The quantitative estimate of drug-likeness (QED) is 0.683. The molecule has 0 saturated carbocycles. The van der Waals surface area contributed by atoms with Crippen molar-refractivity contribution in [3.8, 4) is 0 Å². The van der Waals surface area contributed by atoms with Crippen molar-refractivity contribution in [3.05, 3.63) is 28.7 Å². The van der Waals surface area contributed by atoms with E-state index in [0.29, 0.717) is 11.4 Å². The molecule has 0 atom stereocenters. The molecular weight excluding hydrogens is 326 g/mol. The number of sulfonamides is 1. The van der Waals surface area contributed by atoms with Gasteiger partial charge in [-0.05, 0) is 24.6 Å². The maximum absolute atomic E-state index is 12.0. The molecular formula is C14H22BrNO2S. The van der Waals surface area contributed by atoms with Crippen LogP contribution in [-0.4, -0.2) is 15.0 Å². The molecule has 0 saturated heterocycles. The highest BCUT2D eigenvalue weighted by Crippen LogP contribution is 2.15. The van der Waals surface area contributed by atoms with Crippen molar-refractivity contribution in [2.24, 2.45) is 0 Å². The molecule has 0 fully saturated rings. The van der Waals surface area contributed by atoms with Gasteiger partial charge >= 0.3 is 0 Å². The summed E-state index contributed by atoms with van der Waals surface area (Å²) in [4.78, 5) is 0.313. The van der Waals surface area contributed by atoms with E-state index in [2.05, 4.69) is 27.6 Å². The fourth-order valence-electron chi connectivity index (χ4n) is 1.83. The van der Waals surface area contributed by atoms with Crippen LogP contribution in [0, 0.1) is 0 Å². The average molecular weight is 348 g/mol. The molecule has 0 aliphatic carbocycles. The highest BCUT2D eigenvalue weighted by molar-refractivity contribution is 9.10. The Hall–Kier alpha value is -0.390. The number of hydrogen-bond donors (Lipinski definition) is 1. The Morgan fingerprint density at radius 2 is 1.79 bits per heavy atom. The molecule has 5 heteroatoms. The van der Waals surface area contributed by atoms with Crippen molar-refractivity contribution in [1.82, 2.24) is 4.72 Å². The zero-order valence-corrected chi connectivity index (χ0v) is 13.8. The second-order valence-corrected chi connectivity index (χ2v) is 7.31. The molecule has 0 heterocycles. The molecule has 0 aromatic heterocycles. The Labute approximate surface area is 125 Å². The summed E-state index contributed by atoms with van der Waals surface area (Å²) in [5.41, 5.74) is 0. The van der Waals surface area contributed by atoms with Crippen LogP contribution in [-0.2, 0) is 10.0 Å². The first-order chi connectivity index (χ1) is 9.06. The Bertz CT molecular complexity index is 474. The molecule has 108 valence electrons. The summed E-state index contributed by atoms with van der Waals surface area (Å²) in [5, 5.41) is 0. The van der Waals surface area contributed by atoms with E-state index in [1.165, 1.54) is 25.7 Å². The molecule has 0 radical (unpaired) electrons. The number of benzene rings is 1.